The second-order valence-electron chi connectivity index (χ2n) is 3.52. The van der Waals surface area contributed by atoms with Gasteiger partial charge in [0.1, 0.15) is 5.02 Å². The maximum atomic E-state index is 5.97. The van der Waals surface area contributed by atoms with E-state index in [1.165, 1.54) is 6.20 Å². The Morgan fingerprint density at radius 3 is 2.83 bits per heavy atom. The van der Waals surface area contributed by atoms with Crippen molar-refractivity contribution in [2.45, 2.75) is 6.54 Å². The van der Waals surface area contributed by atoms with E-state index in [9.17, 15) is 0 Å². The summed E-state index contributed by atoms with van der Waals surface area (Å²) in [5, 5.41) is 4.21. The van der Waals surface area contributed by atoms with Gasteiger partial charge in [-0.15, -0.1) is 0 Å². The van der Waals surface area contributed by atoms with Crippen LogP contribution >= 0.6 is 23.2 Å². The summed E-state index contributed by atoms with van der Waals surface area (Å²) in [7, 11) is 0. The summed E-state index contributed by atoms with van der Waals surface area (Å²) in [4.78, 5) is 7.99. The zero-order valence-electron chi connectivity index (χ0n) is 9.32. The van der Waals surface area contributed by atoms with E-state index in [0.29, 0.717) is 28.4 Å². The number of nitrogen functional groups attached to an aromatic ring is 1. The van der Waals surface area contributed by atoms with E-state index in [1.54, 1.807) is 0 Å². The van der Waals surface area contributed by atoms with Gasteiger partial charge < -0.3 is 5.32 Å². The van der Waals surface area contributed by atoms with Crippen molar-refractivity contribution >= 4 is 35.0 Å². The van der Waals surface area contributed by atoms with Crippen LogP contribution in [0.15, 0.2) is 30.5 Å². The lowest BCUT2D eigenvalue weighted by Crippen LogP contribution is -2.12. The monoisotopic (exact) mass is 283 g/mol. The Morgan fingerprint density at radius 1 is 1.28 bits per heavy atom. The number of nitrogens with two attached hydrogens (primary N) is 1. The summed E-state index contributed by atoms with van der Waals surface area (Å²) in [6.45, 7) is 0.557. The number of rotatable bonds is 4. The molecular weight excluding hydrogens is 273 g/mol. The molecule has 0 unspecified atom stereocenters. The van der Waals surface area contributed by atoms with Crippen LogP contribution in [0.2, 0.25) is 10.0 Å². The summed E-state index contributed by atoms with van der Waals surface area (Å²) >= 11 is 11.9. The van der Waals surface area contributed by atoms with Crippen molar-refractivity contribution < 1.29 is 0 Å². The fourth-order valence-corrected chi connectivity index (χ4v) is 1.76. The highest BCUT2D eigenvalue weighted by atomic mass is 35.5. The first-order valence-electron chi connectivity index (χ1n) is 5.16. The van der Waals surface area contributed by atoms with Crippen LogP contribution in [0.5, 0.6) is 0 Å². The summed E-state index contributed by atoms with van der Waals surface area (Å²) < 4.78 is 0. The van der Waals surface area contributed by atoms with E-state index in [4.69, 9.17) is 29.0 Å². The van der Waals surface area contributed by atoms with Gasteiger partial charge in [0.25, 0.3) is 0 Å². The Balaban J connectivity index is 2.10. The molecule has 1 heterocycles. The minimum Gasteiger partial charge on any atom is -0.365 e. The van der Waals surface area contributed by atoms with Gasteiger partial charge in [-0.3, -0.25) is 5.43 Å². The molecule has 0 spiro atoms. The van der Waals surface area contributed by atoms with E-state index in [1.807, 2.05) is 24.3 Å². The molecule has 0 aliphatic rings. The van der Waals surface area contributed by atoms with Crippen LogP contribution in [-0.2, 0) is 6.54 Å². The first-order chi connectivity index (χ1) is 8.69. The van der Waals surface area contributed by atoms with Crippen LogP contribution in [0.1, 0.15) is 5.56 Å². The highest BCUT2D eigenvalue weighted by Crippen LogP contribution is 2.20. The van der Waals surface area contributed by atoms with Crippen molar-refractivity contribution in [3.8, 4) is 0 Å². The molecule has 0 aliphatic heterocycles. The molecule has 0 bridgehead atoms. The minimum absolute atomic E-state index is 0.299. The average Bonchev–Trinajstić information content (AvgIpc) is 2.38. The Labute approximate surface area is 114 Å². The van der Waals surface area contributed by atoms with Gasteiger partial charge in [0.15, 0.2) is 5.82 Å². The summed E-state index contributed by atoms with van der Waals surface area (Å²) in [5.74, 6) is 6.05. The van der Waals surface area contributed by atoms with Gasteiger partial charge >= 0.3 is 0 Å². The fraction of sp³-hybridized carbons (Fsp3) is 0.0909. The topological polar surface area (TPSA) is 75.9 Å². The highest BCUT2D eigenvalue weighted by Gasteiger charge is 2.04. The second-order valence-corrected chi connectivity index (χ2v) is 4.36. The van der Waals surface area contributed by atoms with E-state index >= 15 is 0 Å². The van der Waals surface area contributed by atoms with Crippen LogP contribution in [0.25, 0.3) is 0 Å². The van der Waals surface area contributed by atoms with E-state index < -0.39 is 0 Å². The standard InChI is InChI=1S/C11H11Cl2N5/c12-8-3-1-2-7(4-8)5-15-10-9(13)6-16-11(17-10)18-14/h1-4,6H,5,14H2,(H2,15,16,17,18). The van der Waals surface area contributed by atoms with Crippen LogP contribution < -0.4 is 16.6 Å². The number of anilines is 2. The molecule has 2 aromatic rings. The fourth-order valence-electron chi connectivity index (χ4n) is 1.39. The third kappa shape index (κ3) is 3.22. The van der Waals surface area contributed by atoms with Crippen LogP contribution in [0.4, 0.5) is 11.8 Å². The molecule has 0 fully saturated rings. The SMILES string of the molecule is NNc1ncc(Cl)c(NCc2cccc(Cl)c2)n1. The Hall–Kier alpha value is -1.56. The summed E-state index contributed by atoms with van der Waals surface area (Å²) in [6.07, 6.45) is 1.48. The van der Waals surface area contributed by atoms with Gasteiger partial charge in [-0.25, -0.2) is 10.8 Å². The normalized spacial score (nSPS) is 10.2. The predicted octanol–water partition coefficient (Wildman–Crippen LogP) is 2.68. The Bertz CT molecular complexity index is 547. The number of aromatic nitrogens is 2. The largest absolute Gasteiger partial charge is 0.365 e. The van der Waals surface area contributed by atoms with Crippen molar-refractivity contribution in [3.05, 3.63) is 46.1 Å². The number of hydrogen-bond acceptors (Lipinski definition) is 5. The van der Waals surface area contributed by atoms with Crippen molar-refractivity contribution in [2.24, 2.45) is 5.84 Å². The molecule has 5 nitrogen and oxygen atoms in total. The lowest BCUT2D eigenvalue weighted by atomic mass is 10.2. The van der Waals surface area contributed by atoms with Gasteiger partial charge in [-0.05, 0) is 17.7 Å². The summed E-state index contributed by atoms with van der Waals surface area (Å²) in [5.41, 5.74) is 3.39. The van der Waals surface area contributed by atoms with Crippen LogP contribution in [0.3, 0.4) is 0 Å². The van der Waals surface area contributed by atoms with Crippen LogP contribution in [-0.4, -0.2) is 9.97 Å². The number of nitrogens with zero attached hydrogens (tertiary/aromatic N) is 2. The van der Waals surface area contributed by atoms with Crippen molar-refractivity contribution in [1.29, 1.82) is 0 Å². The molecule has 4 N–H and O–H groups in total. The molecule has 18 heavy (non-hydrogen) atoms. The van der Waals surface area contributed by atoms with Gasteiger partial charge in [0.2, 0.25) is 5.95 Å². The maximum absolute atomic E-state index is 5.97. The molecule has 0 radical (unpaired) electrons. The van der Waals surface area contributed by atoms with Crippen molar-refractivity contribution in [1.82, 2.24) is 9.97 Å². The average molecular weight is 284 g/mol. The maximum Gasteiger partial charge on any atom is 0.239 e. The lowest BCUT2D eigenvalue weighted by Gasteiger charge is -2.08. The molecule has 0 saturated carbocycles. The first kappa shape index (κ1) is 12.9. The second kappa shape index (κ2) is 5.86. The molecule has 0 saturated heterocycles. The zero-order chi connectivity index (χ0) is 13.0. The smallest absolute Gasteiger partial charge is 0.239 e. The molecule has 1 aromatic heterocycles. The van der Waals surface area contributed by atoms with Crippen LogP contribution in [0, 0.1) is 0 Å². The first-order valence-corrected chi connectivity index (χ1v) is 5.92. The highest BCUT2D eigenvalue weighted by molar-refractivity contribution is 6.32. The number of halogens is 2. The number of benzene rings is 1. The Kier molecular flexibility index (Phi) is 4.19. The van der Waals surface area contributed by atoms with E-state index in [-0.39, 0.29) is 0 Å². The van der Waals surface area contributed by atoms with E-state index in [0.717, 1.165) is 5.56 Å². The predicted molar refractivity (Wildman–Crippen MR) is 73.6 cm³/mol. The van der Waals surface area contributed by atoms with Crippen molar-refractivity contribution in [3.63, 3.8) is 0 Å². The van der Waals surface area contributed by atoms with Gasteiger partial charge in [-0.2, -0.15) is 4.98 Å². The lowest BCUT2D eigenvalue weighted by molar-refractivity contribution is 1.07. The quantitative estimate of drug-likeness (QED) is 0.594. The third-order valence-electron chi connectivity index (χ3n) is 2.22. The third-order valence-corrected chi connectivity index (χ3v) is 2.73. The Morgan fingerprint density at radius 2 is 2.11 bits per heavy atom. The van der Waals surface area contributed by atoms with E-state index in [2.05, 4.69) is 20.7 Å². The molecule has 7 heteroatoms. The molecule has 0 aliphatic carbocycles. The van der Waals surface area contributed by atoms with Gasteiger partial charge in [0, 0.05) is 11.6 Å². The molecule has 2 rings (SSSR count). The molecule has 0 amide bonds. The minimum atomic E-state index is 0.299. The molecule has 0 atom stereocenters. The molecular formula is C11H11Cl2N5. The van der Waals surface area contributed by atoms with Gasteiger partial charge in [-0.1, -0.05) is 35.3 Å². The zero-order valence-corrected chi connectivity index (χ0v) is 10.8. The van der Waals surface area contributed by atoms with Gasteiger partial charge in [0.05, 0.1) is 6.20 Å². The number of hydrazine groups is 1. The number of hydrogen-bond donors (Lipinski definition) is 3. The van der Waals surface area contributed by atoms with Crippen molar-refractivity contribution in [2.75, 3.05) is 10.7 Å². The molecule has 94 valence electrons. The molecule has 1 aromatic carbocycles. The number of nitrogens with one attached hydrogen (secondary N) is 2. The summed E-state index contributed by atoms with van der Waals surface area (Å²) in [6, 6.07) is 7.52.